The molecule has 3 amide bonds. The van der Waals surface area contributed by atoms with Crippen LogP contribution < -0.4 is 5.32 Å². The van der Waals surface area contributed by atoms with Gasteiger partial charge >= 0.3 is 6.03 Å². The third-order valence-corrected chi connectivity index (χ3v) is 4.10. The molecule has 0 unspecified atom stereocenters. The molecule has 114 valence electrons. The molecule has 8 heteroatoms. The van der Waals surface area contributed by atoms with Crippen molar-refractivity contribution in [1.82, 2.24) is 20.4 Å². The van der Waals surface area contributed by atoms with Crippen molar-refractivity contribution in [2.24, 2.45) is 0 Å². The van der Waals surface area contributed by atoms with Crippen LogP contribution in [0.25, 0.3) is 11.5 Å². The predicted molar refractivity (Wildman–Crippen MR) is 80.2 cm³/mol. The summed E-state index contributed by atoms with van der Waals surface area (Å²) in [4.78, 5) is 24.9. The number of amides is 3. The van der Waals surface area contributed by atoms with Gasteiger partial charge in [0.2, 0.25) is 11.8 Å². The second-order valence-electron chi connectivity index (χ2n) is 4.72. The second kappa shape index (κ2) is 6.18. The molecule has 2 heterocycles. The molecule has 0 spiro atoms. The minimum absolute atomic E-state index is 0.264. The first-order valence-corrected chi connectivity index (χ1v) is 7.68. The standard InChI is InChI=1S/C14H14N4O3S/c1-9(12(19)18-8-7-15-13(18)20)22-14-17-16-11(21-14)10-5-3-2-4-6-10/h2-6,9H,7-8H2,1H3,(H,15,20)/t9-/m0/s1. The van der Waals surface area contributed by atoms with E-state index >= 15 is 0 Å². The quantitative estimate of drug-likeness (QED) is 0.864. The molecule has 3 rings (SSSR count). The Morgan fingerprint density at radius 2 is 2.14 bits per heavy atom. The van der Waals surface area contributed by atoms with E-state index in [1.807, 2.05) is 30.3 Å². The van der Waals surface area contributed by atoms with E-state index in [2.05, 4.69) is 15.5 Å². The first kappa shape index (κ1) is 14.6. The summed E-state index contributed by atoms with van der Waals surface area (Å²) in [7, 11) is 0. The van der Waals surface area contributed by atoms with Gasteiger partial charge in [0.15, 0.2) is 0 Å². The Labute approximate surface area is 131 Å². The molecule has 2 aromatic rings. The van der Waals surface area contributed by atoms with Crippen molar-refractivity contribution in [3.63, 3.8) is 0 Å². The lowest BCUT2D eigenvalue weighted by Crippen LogP contribution is -2.38. The van der Waals surface area contributed by atoms with Gasteiger partial charge in [-0.25, -0.2) is 4.79 Å². The second-order valence-corrected chi connectivity index (χ2v) is 6.01. The Morgan fingerprint density at radius 1 is 1.36 bits per heavy atom. The van der Waals surface area contributed by atoms with Gasteiger partial charge in [-0.3, -0.25) is 9.69 Å². The van der Waals surface area contributed by atoms with E-state index in [0.717, 1.165) is 17.3 Å². The summed E-state index contributed by atoms with van der Waals surface area (Å²) in [5.41, 5.74) is 0.819. The molecular weight excluding hydrogens is 304 g/mol. The van der Waals surface area contributed by atoms with Crippen molar-refractivity contribution in [3.05, 3.63) is 30.3 Å². The van der Waals surface area contributed by atoms with Crippen molar-refractivity contribution in [3.8, 4) is 11.5 Å². The number of urea groups is 1. The molecule has 1 fully saturated rings. The Balaban J connectivity index is 1.67. The molecule has 0 aliphatic carbocycles. The summed E-state index contributed by atoms with van der Waals surface area (Å²) in [6.45, 7) is 2.59. The largest absolute Gasteiger partial charge is 0.411 e. The molecule has 0 saturated carbocycles. The molecule has 0 bridgehead atoms. The third kappa shape index (κ3) is 2.96. The Kier molecular flexibility index (Phi) is 4.10. The van der Waals surface area contributed by atoms with Gasteiger partial charge in [0.25, 0.3) is 5.22 Å². The van der Waals surface area contributed by atoms with Gasteiger partial charge in [-0.1, -0.05) is 30.0 Å². The van der Waals surface area contributed by atoms with Crippen LogP contribution in [-0.4, -0.2) is 45.4 Å². The van der Waals surface area contributed by atoms with Crippen LogP contribution in [0, 0.1) is 0 Å². The van der Waals surface area contributed by atoms with Crippen LogP contribution in [0.5, 0.6) is 0 Å². The third-order valence-electron chi connectivity index (χ3n) is 3.18. The summed E-state index contributed by atoms with van der Waals surface area (Å²) in [6.07, 6.45) is 0. The number of nitrogens with one attached hydrogen (secondary N) is 1. The van der Waals surface area contributed by atoms with Crippen LogP contribution in [0.1, 0.15) is 6.92 Å². The van der Waals surface area contributed by atoms with Crippen molar-refractivity contribution in [2.75, 3.05) is 13.1 Å². The number of thioether (sulfide) groups is 1. The Morgan fingerprint density at radius 3 is 2.82 bits per heavy atom. The molecule has 1 aliphatic heterocycles. The summed E-state index contributed by atoms with van der Waals surface area (Å²) in [6, 6.07) is 9.04. The number of carbonyl (C=O) groups excluding carboxylic acids is 2. The highest BCUT2D eigenvalue weighted by atomic mass is 32.2. The predicted octanol–water partition coefficient (Wildman–Crippen LogP) is 1.77. The zero-order chi connectivity index (χ0) is 15.5. The topological polar surface area (TPSA) is 88.3 Å². The smallest absolute Gasteiger partial charge is 0.324 e. The number of hydrogen-bond acceptors (Lipinski definition) is 6. The SMILES string of the molecule is C[C@H](Sc1nnc(-c2ccccc2)o1)C(=O)N1CCNC1=O. The molecule has 1 aromatic heterocycles. The monoisotopic (exact) mass is 318 g/mol. The fraction of sp³-hybridized carbons (Fsp3) is 0.286. The summed E-state index contributed by atoms with van der Waals surface area (Å²) in [5, 5.41) is 10.3. The molecule has 0 radical (unpaired) electrons. The van der Waals surface area contributed by atoms with E-state index in [0.29, 0.717) is 24.2 Å². The molecule has 7 nitrogen and oxygen atoms in total. The maximum Gasteiger partial charge on any atom is 0.324 e. The zero-order valence-electron chi connectivity index (χ0n) is 11.9. The molecule has 1 aromatic carbocycles. The molecule has 1 N–H and O–H groups in total. The van der Waals surface area contributed by atoms with Crippen LogP contribution in [-0.2, 0) is 4.79 Å². The van der Waals surface area contributed by atoms with E-state index in [1.165, 1.54) is 4.90 Å². The highest BCUT2D eigenvalue weighted by Gasteiger charge is 2.31. The van der Waals surface area contributed by atoms with Crippen molar-refractivity contribution >= 4 is 23.7 Å². The highest BCUT2D eigenvalue weighted by molar-refractivity contribution is 8.00. The maximum absolute atomic E-state index is 12.2. The number of hydrogen-bond donors (Lipinski definition) is 1. The molecule has 1 aliphatic rings. The fourth-order valence-electron chi connectivity index (χ4n) is 2.06. The minimum Gasteiger partial charge on any atom is -0.411 e. The number of nitrogens with zero attached hydrogens (tertiary/aromatic N) is 3. The van der Waals surface area contributed by atoms with Gasteiger partial charge in [-0.05, 0) is 19.1 Å². The first-order valence-electron chi connectivity index (χ1n) is 6.80. The van der Waals surface area contributed by atoms with E-state index in [-0.39, 0.29) is 11.9 Å². The van der Waals surface area contributed by atoms with Gasteiger partial charge in [0, 0.05) is 18.7 Å². The van der Waals surface area contributed by atoms with Gasteiger partial charge in [0.1, 0.15) is 0 Å². The average molecular weight is 318 g/mol. The van der Waals surface area contributed by atoms with Gasteiger partial charge in [-0.15, -0.1) is 10.2 Å². The normalized spacial score (nSPS) is 15.7. The van der Waals surface area contributed by atoms with Crippen LogP contribution in [0.15, 0.2) is 40.0 Å². The van der Waals surface area contributed by atoms with Crippen molar-refractivity contribution in [2.45, 2.75) is 17.4 Å². The summed E-state index contributed by atoms with van der Waals surface area (Å²) in [5.74, 6) is 0.140. The van der Waals surface area contributed by atoms with E-state index in [9.17, 15) is 9.59 Å². The average Bonchev–Trinajstić information content (AvgIpc) is 3.16. The van der Waals surface area contributed by atoms with Gasteiger partial charge < -0.3 is 9.73 Å². The van der Waals surface area contributed by atoms with Crippen molar-refractivity contribution in [1.29, 1.82) is 0 Å². The van der Waals surface area contributed by atoms with Gasteiger partial charge in [-0.2, -0.15) is 0 Å². The lowest BCUT2D eigenvalue weighted by atomic mass is 10.2. The lowest BCUT2D eigenvalue weighted by Gasteiger charge is -2.15. The number of aromatic nitrogens is 2. The molecular formula is C14H14N4O3S. The lowest BCUT2D eigenvalue weighted by molar-refractivity contribution is -0.126. The first-order chi connectivity index (χ1) is 10.6. The highest BCUT2D eigenvalue weighted by Crippen LogP contribution is 2.27. The maximum atomic E-state index is 12.2. The fourth-order valence-corrected chi connectivity index (χ4v) is 2.80. The molecule has 1 atom stereocenters. The summed E-state index contributed by atoms with van der Waals surface area (Å²) >= 11 is 1.14. The van der Waals surface area contributed by atoms with Crippen LogP contribution >= 0.6 is 11.8 Å². The Hall–Kier alpha value is -2.35. The number of rotatable bonds is 4. The zero-order valence-corrected chi connectivity index (χ0v) is 12.7. The Bertz CT molecular complexity index is 688. The van der Waals surface area contributed by atoms with Gasteiger partial charge in [0.05, 0.1) is 5.25 Å². The van der Waals surface area contributed by atoms with Crippen LogP contribution in [0.3, 0.4) is 0 Å². The number of imide groups is 1. The van der Waals surface area contributed by atoms with Crippen molar-refractivity contribution < 1.29 is 14.0 Å². The molecule has 1 saturated heterocycles. The van der Waals surface area contributed by atoms with E-state index in [1.54, 1.807) is 6.92 Å². The number of carbonyl (C=O) groups is 2. The van der Waals surface area contributed by atoms with Crippen LogP contribution in [0.2, 0.25) is 0 Å². The number of benzene rings is 1. The van der Waals surface area contributed by atoms with E-state index < -0.39 is 5.25 Å². The minimum atomic E-state index is -0.479. The van der Waals surface area contributed by atoms with E-state index in [4.69, 9.17) is 4.42 Å². The molecule has 22 heavy (non-hydrogen) atoms. The van der Waals surface area contributed by atoms with Crippen LogP contribution in [0.4, 0.5) is 4.79 Å². The summed E-state index contributed by atoms with van der Waals surface area (Å²) < 4.78 is 5.55.